The summed E-state index contributed by atoms with van der Waals surface area (Å²) in [5.41, 5.74) is 3.27. The molecule has 1 fully saturated rings. The second-order valence-electron chi connectivity index (χ2n) is 5.69. The van der Waals surface area contributed by atoms with Gasteiger partial charge in [0, 0.05) is 12.4 Å². The number of nitrogens with zero attached hydrogens (tertiary/aromatic N) is 2. The highest BCUT2D eigenvalue weighted by molar-refractivity contribution is 8.15. The van der Waals surface area contributed by atoms with E-state index in [0.717, 1.165) is 11.8 Å². The van der Waals surface area contributed by atoms with Crippen molar-refractivity contribution in [2.75, 3.05) is 0 Å². The van der Waals surface area contributed by atoms with Crippen LogP contribution in [0.1, 0.15) is 22.3 Å². The largest absolute Gasteiger partial charge is 0.425 e. The van der Waals surface area contributed by atoms with Crippen LogP contribution in [0, 0.1) is 0 Å². The molecule has 3 amide bonds. The number of carbonyl (C=O) groups is 4. The lowest BCUT2D eigenvalue weighted by molar-refractivity contribution is -0.135. The Balaban J connectivity index is 1.55. The minimum atomic E-state index is -0.816. The van der Waals surface area contributed by atoms with Crippen LogP contribution in [-0.4, -0.2) is 39.5 Å². The van der Waals surface area contributed by atoms with Crippen LogP contribution in [0.15, 0.2) is 47.8 Å². The molecule has 1 unspecified atom stereocenters. The third-order valence-corrected chi connectivity index (χ3v) is 4.88. The van der Waals surface area contributed by atoms with Gasteiger partial charge in [-0.15, -0.1) is 0 Å². The fraction of sp³-hybridized carbons (Fsp3) is 0.111. The van der Waals surface area contributed by atoms with Crippen LogP contribution in [0.25, 0.3) is 0 Å². The number of aromatic nitrogens is 1. The number of carbonyl (C=O) groups excluding carboxylic acids is 4. The molecule has 3 rings (SSSR count). The number of hydrogen-bond acceptors (Lipinski definition) is 8. The van der Waals surface area contributed by atoms with Gasteiger partial charge in [0.05, 0.1) is 23.2 Å². The van der Waals surface area contributed by atoms with Crippen molar-refractivity contribution < 1.29 is 23.9 Å². The summed E-state index contributed by atoms with van der Waals surface area (Å²) in [4.78, 5) is 50.3. The van der Waals surface area contributed by atoms with Gasteiger partial charge in [-0.3, -0.25) is 29.5 Å². The molecule has 0 aliphatic carbocycles. The van der Waals surface area contributed by atoms with Crippen molar-refractivity contribution in [1.82, 2.24) is 15.7 Å². The third kappa shape index (κ3) is 5.62. The summed E-state index contributed by atoms with van der Waals surface area (Å²) in [5.74, 6) is -1.54. The maximum atomic E-state index is 12.0. The SMILES string of the molecule is O=C(CC1SC(=O)NC1=O)Oc1ccc(/C=N/NC(=O)c2cccnc2)cc1Cl. The van der Waals surface area contributed by atoms with E-state index in [0.29, 0.717) is 11.1 Å². The minimum Gasteiger partial charge on any atom is -0.425 e. The fourth-order valence-electron chi connectivity index (χ4n) is 2.25. The maximum absolute atomic E-state index is 12.0. The van der Waals surface area contributed by atoms with Crippen LogP contribution in [0.3, 0.4) is 0 Å². The lowest BCUT2D eigenvalue weighted by atomic mass is 10.2. The average Bonchev–Trinajstić information content (AvgIpc) is 3.01. The molecule has 29 heavy (non-hydrogen) atoms. The molecule has 1 aromatic carbocycles. The van der Waals surface area contributed by atoms with Crippen LogP contribution in [0.5, 0.6) is 5.75 Å². The van der Waals surface area contributed by atoms with Gasteiger partial charge in [-0.1, -0.05) is 23.4 Å². The molecular weight excluding hydrogens is 420 g/mol. The lowest BCUT2D eigenvalue weighted by Gasteiger charge is -2.08. The first-order chi connectivity index (χ1) is 13.9. The summed E-state index contributed by atoms with van der Waals surface area (Å²) in [6.07, 6.45) is 4.07. The summed E-state index contributed by atoms with van der Waals surface area (Å²) in [7, 11) is 0. The van der Waals surface area contributed by atoms with E-state index in [1.165, 1.54) is 24.5 Å². The van der Waals surface area contributed by atoms with Gasteiger partial charge >= 0.3 is 5.97 Å². The Morgan fingerprint density at radius 1 is 1.34 bits per heavy atom. The molecule has 0 spiro atoms. The molecular formula is C18H13ClN4O5S. The monoisotopic (exact) mass is 432 g/mol. The summed E-state index contributed by atoms with van der Waals surface area (Å²) in [5, 5.41) is 4.76. The van der Waals surface area contributed by atoms with Crippen LogP contribution < -0.4 is 15.5 Å². The van der Waals surface area contributed by atoms with E-state index < -0.39 is 28.3 Å². The van der Waals surface area contributed by atoms with E-state index in [1.807, 2.05) is 0 Å². The first-order valence-electron chi connectivity index (χ1n) is 8.17. The first-order valence-corrected chi connectivity index (χ1v) is 9.43. The van der Waals surface area contributed by atoms with Gasteiger partial charge in [-0.2, -0.15) is 5.10 Å². The summed E-state index contributed by atoms with van der Waals surface area (Å²) in [6.45, 7) is 0. The van der Waals surface area contributed by atoms with Gasteiger partial charge in [-0.05, 0) is 35.9 Å². The molecule has 2 aromatic rings. The van der Waals surface area contributed by atoms with Crippen molar-refractivity contribution in [2.45, 2.75) is 11.7 Å². The van der Waals surface area contributed by atoms with Crippen molar-refractivity contribution >= 4 is 52.6 Å². The number of hydrazone groups is 1. The topological polar surface area (TPSA) is 127 Å². The second kappa shape index (κ2) is 9.30. The zero-order valence-electron chi connectivity index (χ0n) is 14.6. The summed E-state index contributed by atoms with van der Waals surface area (Å²) < 4.78 is 5.15. The third-order valence-electron chi connectivity index (χ3n) is 3.60. The predicted molar refractivity (Wildman–Crippen MR) is 106 cm³/mol. The number of halogens is 1. The number of nitrogens with one attached hydrogen (secondary N) is 2. The molecule has 148 valence electrons. The highest BCUT2D eigenvalue weighted by Gasteiger charge is 2.34. The molecule has 11 heteroatoms. The number of amides is 3. The molecule has 0 radical (unpaired) electrons. The number of benzene rings is 1. The summed E-state index contributed by atoms with van der Waals surface area (Å²) in [6, 6.07) is 7.76. The van der Waals surface area contributed by atoms with E-state index in [4.69, 9.17) is 16.3 Å². The predicted octanol–water partition coefficient (Wildman–Crippen LogP) is 2.15. The molecule has 2 heterocycles. The zero-order chi connectivity index (χ0) is 20.8. The van der Waals surface area contributed by atoms with Gasteiger partial charge in [0.25, 0.3) is 11.1 Å². The average molecular weight is 433 g/mol. The summed E-state index contributed by atoms with van der Waals surface area (Å²) >= 11 is 6.85. The van der Waals surface area contributed by atoms with Crippen molar-refractivity contribution in [3.8, 4) is 5.75 Å². The van der Waals surface area contributed by atoms with Gasteiger partial charge in [0.15, 0.2) is 0 Å². The fourth-order valence-corrected chi connectivity index (χ4v) is 3.28. The minimum absolute atomic E-state index is 0.0999. The zero-order valence-corrected chi connectivity index (χ0v) is 16.2. The standard InChI is InChI=1S/C18H13ClN4O5S/c19-12-6-10(8-21-23-16(25)11-2-1-5-20-9-11)3-4-13(12)28-15(24)7-14-17(26)22-18(27)29-14/h1-6,8-9,14H,7H2,(H,23,25)(H,22,26,27)/b21-8+. The Morgan fingerprint density at radius 3 is 2.83 bits per heavy atom. The number of thioether (sulfide) groups is 1. The Hall–Kier alpha value is -3.24. The first kappa shape index (κ1) is 20.5. The van der Waals surface area contributed by atoms with E-state index in [2.05, 4.69) is 20.8 Å². The number of pyridine rings is 1. The molecule has 1 atom stereocenters. The number of ether oxygens (including phenoxy) is 1. The second-order valence-corrected chi connectivity index (χ2v) is 7.27. The normalized spacial score (nSPS) is 16.0. The van der Waals surface area contributed by atoms with Crippen molar-refractivity contribution in [3.63, 3.8) is 0 Å². The highest BCUT2D eigenvalue weighted by Crippen LogP contribution is 2.27. The quantitative estimate of drug-likeness (QED) is 0.310. The number of imide groups is 1. The number of hydrogen-bond donors (Lipinski definition) is 2. The molecule has 2 N–H and O–H groups in total. The van der Waals surface area contributed by atoms with Gasteiger partial charge in [0.2, 0.25) is 5.91 Å². The van der Waals surface area contributed by atoms with Gasteiger partial charge in [-0.25, -0.2) is 5.43 Å². The molecule has 1 aliphatic rings. The van der Waals surface area contributed by atoms with E-state index in [-0.39, 0.29) is 17.2 Å². The van der Waals surface area contributed by atoms with Crippen LogP contribution in [0.4, 0.5) is 4.79 Å². The van der Waals surface area contributed by atoms with E-state index in [1.54, 1.807) is 24.4 Å². The molecule has 1 aliphatic heterocycles. The van der Waals surface area contributed by atoms with Crippen molar-refractivity contribution in [1.29, 1.82) is 0 Å². The Labute approximate surface area is 173 Å². The highest BCUT2D eigenvalue weighted by atomic mass is 35.5. The van der Waals surface area contributed by atoms with Gasteiger partial charge < -0.3 is 4.74 Å². The molecule has 1 aromatic heterocycles. The smallest absolute Gasteiger partial charge is 0.312 e. The Kier molecular flexibility index (Phi) is 6.57. The lowest BCUT2D eigenvalue weighted by Crippen LogP contribution is -2.27. The van der Waals surface area contributed by atoms with E-state index >= 15 is 0 Å². The number of rotatable bonds is 6. The Bertz CT molecular complexity index is 999. The molecule has 0 saturated carbocycles. The molecule has 1 saturated heterocycles. The maximum Gasteiger partial charge on any atom is 0.312 e. The van der Waals surface area contributed by atoms with Crippen LogP contribution >= 0.6 is 23.4 Å². The molecule has 9 nitrogen and oxygen atoms in total. The van der Waals surface area contributed by atoms with Crippen LogP contribution in [0.2, 0.25) is 5.02 Å². The van der Waals surface area contributed by atoms with Crippen LogP contribution in [-0.2, 0) is 9.59 Å². The molecule has 0 bridgehead atoms. The van der Waals surface area contributed by atoms with Gasteiger partial charge in [0.1, 0.15) is 11.0 Å². The number of esters is 1. The van der Waals surface area contributed by atoms with E-state index in [9.17, 15) is 19.2 Å². The Morgan fingerprint density at radius 2 is 2.17 bits per heavy atom. The van der Waals surface area contributed by atoms with Crippen molar-refractivity contribution in [3.05, 3.63) is 58.9 Å². The van der Waals surface area contributed by atoms with Crippen molar-refractivity contribution in [2.24, 2.45) is 5.10 Å².